The second-order valence-corrected chi connectivity index (χ2v) is 4.09. The van der Waals surface area contributed by atoms with Gasteiger partial charge in [0.25, 0.3) is 0 Å². The summed E-state index contributed by atoms with van der Waals surface area (Å²) in [6.07, 6.45) is 4.62. The van der Waals surface area contributed by atoms with Crippen LogP contribution in [0, 0.1) is 6.92 Å². The molecule has 80 valence electrons. The maximum Gasteiger partial charge on any atom is 0.337 e. The summed E-state index contributed by atoms with van der Waals surface area (Å²) < 4.78 is 0. The highest BCUT2D eigenvalue weighted by atomic mass is 16.4. The number of nitrogens with zero attached hydrogens (tertiary/aromatic N) is 1. The van der Waals surface area contributed by atoms with Gasteiger partial charge in [-0.3, -0.25) is 4.98 Å². The van der Waals surface area contributed by atoms with Crippen LogP contribution in [0.3, 0.4) is 0 Å². The number of hydrogen-bond donors (Lipinski definition) is 1. The van der Waals surface area contributed by atoms with E-state index in [-0.39, 0.29) is 0 Å². The lowest BCUT2D eigenvalue weighted by molar-refractivity contribution is 0.0695. The largest absolute Gasteiger partial charge is 0.478 e. The SMILES string of the molecule is CCc1ncc(C(=O)O)c(C2CC2)c1C. The van der Waals surface area contributed by atoms with E-state index in [1.807, 2.05) is 13.8 Å². The predicted molar refractivity (Wildman–Crippen MR) is 57.3 cm³/mol. The molecule has 0 radical (unpaired) electrons. The lowest BCUT2D eigenvalue weighted by atomic mass is 9.97. The van der Waals surface area contributed by atoms with Gasteiger partial charge in [-0.1, -0.05) is 6.92 Å². The summed E-state index contributed by atoms with van der Waals surface area (Å²) in [6.45, 7) is 4.04. The van der Waals surface area contributed by atoms with Crippen molar-refractivity contribution in [2.45, 2.75) is 39.0 Å². The number of carboxylic acids is 1. The highest BCUT2D eigenvalue weighted by Gasteiger charge is 2.30. The zero-order chi connectivity index (χ0) is 11.0. The Labute approximate surface area is 89.2 Å². The molecule has 1 aromatic rings. The molecule has 0 aliphatic heterocycles. The van der Waals surface area contributed by atoms with E-state index in [4.69, 9.17) is 5.11 Å². The molecule has 0 bridgehead atoms. The first kappa shape index (κ1) is 10.1. The van der Waals surface area contributed by atoms with Gasteiger partial charge in [-0.05, 0) is 43.2 Å². The first-order valence-corrected chi connectivity index (χ1v) is 5.36. The van der Waals surface area contributed by atoms with E-state index in [1.54, 1.807) is 0 Å². The molecule has 0 aromatic carbocycles. The van der Waals surface area contributed by atoms with Crippen LogP contribution in [-0.4, -0.2) is 16.1 Å². The van der Waals surface area contributed by atoms with Gasteiger partial charge in [-0.15, -0.1) is 0 Å². The highest BCUT2D eigenvalue weighted by molar-refractivity contribution is 5.90. The van der Waals surface area contributed by atoms with E-state index in [0.29, 0.717) is 11.5 Å². The van der Waals surface area contributed by atoms with Crippen LogP contribution in [-0.2, 0) is 6.42 Å². The molecule has 1 aliphatic carbocycles. The van der Waals surface area contributed by atoms with Gasteiger partial charge in [0.2, 0.25) is 0 Å². The Bertz CT molecular complexity index is 408. The zero-order valence-corrected chi connectivity index (χ0v) is 9.08. The third-order valence-corrected chi connectivity index (χ3v) is 3.03. The molecule has 1 N–H and O–H groups in total. The maximum atomic E-state index is 11.1. The monoisotopic (exact) mass is 205 g/mol. The average molecular weight is 205 g/mol. The molecular weight excluding hydrogens is 190 g/mol. The highest BCUT2D eigenvalue weighted by Crippen LogP contribution is 2.43. The summed E-state index contributed by atoms with van der Waals surface area (Å²) in [5.41, 5.74) is 3.53. The van der Waals surface area contributed by atoms with E-state index in [1.165, 1.54) is 6.20 Å². The van der Waals surface area contributed by atoms with E-state index < -0.39 is 5.97 Å². The smallest absolute Gasteiger partial charge is 0.337 e. The Morgan fingerprint density at radius 2 is 2.27 bits per heavy atom. The zero-order valence-electron chi connectivity index (χ0n) is 9.08. The average Bonchev–Trinajstić information content (AvgIpc) is 3.00. The Kier molecular flexibility index (Phi) is 2.47. The van der Waals surface area contributed by atoms with Crippen molar-refractivity contribution in [2.75, 3.05) is 0 Å². The summed E-state index contributed by atoms with van der Waals surface area (Å²) in [5.74, 6) is -0.389. The van der Waals surface area contributed by atoms with Crippen LogP contribution in [0.5, 0.6) is 0 Å². The van der Waals surface area contributed by atoms with Crippen molar-refractivity contribution in [1.29, 1.82) is 0 Å². The number of aryl methyl sites for hydroxylation is 1. The van der Waals surface area contributed by atoms with Gasteiger partial charge in [0.05, 0.1) is 5.56 Å². The fourth-order valence-corrected chi connectivity index (χ4v) is 2.09. The number of hydrogen-bond acceptors (Lipinski definition) is 2. The molecule has 1 aromatic heterocycles. The van der Waals surface area contributed by atoms with Crippen molar-refractivity contribution < 1.29 is 9.90 Å². The van der Waals surface area contributed by atoms with Crippen LogP contribution in [0.4, 0.5) is 0 Å². The Hall–Kier alpha value is -1.38. The van der Waals surface area contributed by atoms with Gasteiger partial charge in [0.15, 0.2) is 0 Å². The predicted octanol–water partition coefficient (Wildman–Crippen LogP) is 2.53. The van der Waals surface area contributed by atoms with Crippen LogP contribution in [0.2, 0.25) is 0 Å². The lowest BCUT2D eigenvalue weighted by Gasteiger charge is -2.11. The van der Waals surface area contributed by atoms with E-state index in [2.05, 4.69) is 4.98 Å². The topological polar surface area (TPSA) is 50.2 Å². The third-order valence-electron chi connectivity index (χ3n) is 3.03. The Balaban J connectivity index is 2.57. The molecule has 0 atom stereocenters. The number of carboxylic acid groups (broad SMARTS) is 1. The minimum Gasteiger partial charge on any atom is -0.478 e. The first-order chi connectivity index (χ1) is 7.15. The molecule has 1 heterocycles. The van der Waals surface area contributed by atoms with Gasteiger partial charge in [0, 0.05) is 11.9 Å². The van der Waals surface area contributed by atoms with Gasteiger partial charge in [-0.2, -0.15) is 0 Å². The summed E-state index contributed by atoms with van der Waals surface area (Å²) >= 11 is 0. The standard InChI is InChI=1S/C12H15NO2/c1-3-10-7(2)11(8-4-5-8)9(6-13-10)12(14)15/h6,8H,3-5H2,1-2H3,(H,14,15). The van der Waals surface area contributed by atoms with Gasteiger partial charge >= 0.3 is 5.97 Å². The molecule has 3 heteroatoms. The normalized spacial score (nSPS) is 15.3. The minimum absolute atomic E-state index is 0.396. The van der Waals surface area contributed by atoms with Crippen LogP contribution in [0.25, 0.3) is 0 Å². The van der Waals surface area contributed by atoms with Crippen LogP contribution >= 0.6 is 0 Å². The van der Waals surface area contributed by atoms with E-state index in [0.717, 1.165) is 36.1 Å². The minimum atomic E-state index is -0.852. The first-order valence-electron chi connectivity index (χ1n) is 5.36. The number of aromatic carboxylic acids is 1. The van der Waals surface area contributed by atoms with Crippen molar-refractivity contribution in [3.05, 3.63) is 28.6 Å². The van der Waals surface area contributed by atoms with E-state index in [9.17, 15) is 4.79 Å². The Morgan fingerprint density at radius 3 is 2.73 bits per heavy atom. The molecule has 0 saturated heterocycles. The van der Waals surface area contributed by atoms with Gasteiger partial charge < -0.3 is 5.11 Å². The number of carbonyl (C=O) groups is 1. The second kappa shape index (κ2) is 3.65. The number of pyridine rings is 1. The molecule has 1 aliphatic rings. The van der Waals surface area contributed by atoms with Crippen LogP contribution < -0.4 is 0 Å². The maximum absolute atomic E-state index is 11.1. The summed E-state index contributed by atoms with van der Waals surface area (Å²) in [5, 5.41) is 9.09. The quantitative estimate of drug-likeness (QED) is 0.824. The van der Waals surface area contributed by atoms with Crippen LogP contribution in [0.15, 0.2) is 6.20 Å². The molecule has 1 fully saturated rings. The third kappa shape index (κ3) is 1.74. The van der Waals surface area contributed by atoms with Crippen molar-refractivity contribution >= 4 is 5.97 Å². The molecule has 0 amide bonds. The molecule has 15 heavy (non-hydrogen) atoms. The van der Waals surface area contributed by atoms with Crippen LogP contribution in [0.1, 0.15) is 52.9 Å². The fraction of sp³-hybridized carbons (Fsp3) is 0.500. The molecule has 0 spiro atoms. The number of aromatic nitrogens is 1. The van der Waals surface area contributed by atoms with E-state index >= 15 is 0 Å². The second-order valence-electron chi connectivity index (χ2n) is 4.09. The molecule has 0 unspecified atom stereocenters. The molecular formula is C12H15NO2. The summed E-state index contributed by atoms with van der Waals surface area (Å²) in [7, 11) is 0. The summed E-state index contributed by atoms with van der Waals surface area (Å²) in [4.78, 5) is 15.3. The van der Waals surface area contributed by atoms with Crippen molar-refractivity contribution in [2.24, 2.45) is 0 Å². The number of rotatable bonds is 3. The fourth-order valence-electron chi connectivity index (χ4n) is 2.09. The molecule has 1 saturated carbocycles. The van der Waals surface area contributed by atoms with Crippen molar-refractivity contribution in [1.82, 2.24) is 4.98 Å². The lowest BCUT2D eigenvalue weighted by Crippen LogP contribution is -2.07. The molecule has 3 nitrogen and oxygen atoms in total. The van der Waals surface area contributed by atoms with Gasteiger partial charge in [-0.25, -0.2) is 4.79 Å². The Morgan fingerprint density at radius 1 is 1.60 bits per heavy atom. The summed E-state index contributed by atoms with van der Waals surface area (Å²) in [6, 6.07) is 0. The van der Waals surface area contributed by atoms with Crippen molar-refractivity contribution in [3.8, 4) is 0 Å². The van der Waals surface area contributed by atoms with Crippen molar-refractivity contribution in [3.63, 3.8) is 0 Å². The molecule has 2 rings (SSSR count). The van der Waals surface area contributed by atoms with Gasteiger partial charge in [0.1, 0.15) is 0 Å².